The molecule has 2 aromatic rings. The quantitative estimate of drug-likeness (QED) is 0.439. The molecule has 206 valence electrons. The third-order valence-electron chi connectivity index (χ3n) is 4.94. The molecule has 0 aromatic carbocycles. The van der Waals surface area contributed by atoms with Crippen LogP contribution < -0.4 is 0 Å². The van der Waals surface area contributed by atoms with E-state index in [0.29, 0.717) is 6.42 Å². The Labute approximate surface area is 216 Å². The summed E-state index contributed by atoms with van der Waals surface area (Å²) in [6.45, 7) is 13.5. The number of alkyl halides is 3. The molecule has 1 amide bonds. The highest BCUT2D eigenvalue weighted by Gasteiger charge is 2.49. The molecule has 0 aliphatic carbocycles. The van der Waals surface area contributed by atoms with E-state index in [1.807, 2.05) is 12.1 Å². The lowest BCUT2D eigenvalue weighted by Crippen LogP contribution is -2.37. The van der Waals surface area contributed by atoms with Gasteiger partial charge in [0.25, 0.3) is 0 Å². The van der Waals surface area contributed by atoms with Crippen molar-refractivity contribution < 1.29 is 22.8 Å². The fourth-order valence-electron chi connectivity index (χ4n) is 2.31. The summed E-state index contributed by atoms with van der Waals surface area (Å²) in [6.07, 6.45) is -0.587. The molecule has 0 N–H and O–H groups in total. The van der Waals surface area contributed by atoms with E-state index in [-0.39, 0.29) is 37.7 Å². The first kappa shape index (κ1) is 37.8. The van der Waals surface area contributed by atoms with E-state index in [1.165, 1.54) is 24.1 Å². The molecule has 2 heterocycles. The van der Waals surface area contributed by atoms with Crippen molar-refractivity contribution in [1.29, 1.82) is 0 Å². The van der Waals surface area contributed by atoms with E-state index in [2.05, 4.69) is 30.7 Å². The molecule has 0 radical (unpaired) electrons. The number of amides is 1. The highest BCUT2D eigenvalue weighted by atomic mass is 19.4. The Bertz CT molecular complexity index is 948. The summed E-state index contributed by atoms with van der Waals surface area (Å²) in [4.78, 5) is 30.6. The number of aryl methyl sites for hydroxylation is 1. The van der Waals surface area contributed by atoms with Crippen molar-refractivity contribution in [2.45, 2.75) is 93.7 Å². The highest BCUT2D eigenvalue weighted by molar-refractivity contribution is 5.78. The lowest BCUT2D eigenvalue weighted by molar-refractivity contribution is -0.181. The number of carbonyl (C=O) groups excluding carboxylic acids is 2. The molecule has 0 atom stereocenters. The second-order valence-electron chi connectivity index (χ2n) is 9.93. The van der Waals surface area contributed by atoms with Crippen LogP contribution >= 0.6 is 0 Å². The lowest BCUT2D eigenvalue weighted by atomic mass is 9.87. The van der Waals surface area contributed by atoms with Gasteiger partial charge in [0.2, 0.25) is 5.91 Å². The van der Waals surface area contributed by atoms with Crippen LogP contribution in [0.3, 0.4) is 0 Å². The molecule has 0 bridgehead atoms. The predicted octanol–water partition coefficient (Wildman–Crippen LogP) is 7.11. The first-order chi connectivity index (χ1) is 15.3. The normalized spacial score (nSPS) is 10.8. The molecule has 8 heteroatoms. The van der Waals surface area contributed by atoms with Gasteiger partial charge in [-0.25, -0.2) is 0 Å². The summed E-state index contributed by atoms with van der Waals surface area (Å²) >= 11 is 0. The van der Waals surface area contributed by atoms with Crippen LogP contribution in [0.2, 0.25) is 0 Å². The Morgan fingerprint density at radius 2 is 1.31 bits per heavy atom. The van der Waals surface area contributed by atoms with Crippen LogP contribution in [0.4, 0.5) is 13.2 Å². The number of ketones is 1. The number of rotatable bonds is 3. The summed E-state index contributed by atoms with van der Waals surface area (Å²) < 4.78 is 37.8. The summed E-state index contributed by atoms with van der Waals surface area (Å²) in [5, 5.41) is 0. The lowest BCUT2D eigenvalue weighted by Gasteiger charge is -2.27. The van der Waals surface area contributed by atoms with Crippen molar-refractivity contribution in [2.75, 3.05) is 14.1 Å². The van der Waals surface area contributed by atoms with Crippen molar-refractivity contribution >= 4 is 11.7 Å². The fourth-order valence-corrected chi connectivity index (χ4v) is 2.31. The smallest absolute Gasteiger partial charge is 0.349 e. The fraction of sp³-hybridized carbons (Fsp3) is 0.571. The Hall–Kier alpha value is -2.77. The van der Waals surface area contributed by atoms with Crippen LogP contribution in [-0.4, -0.2) is 46.8 Å². The summed E-state index contributed by atoms with van der Waals surface area (Å²) in [6, 6.07) is 7.06. The molecule has 5 nitrogen and oxygen atoms in total. The molecular weight excluding hydrogens is 467 g/mol. The second kappa shape index (κ2) is 15.4. The zero-order valence-electron chi connectivity index (χ0n) is 22.0. The van der Waals surface area contributed by atoms with Gasteiger partial charge >= 0.3 is 6.18 Å². The van der Waals surface area contributed by atoms with Gasteiger partial charge in [0.15, 0.2) is 0 Å². The Morgan fingerprint density at radius 1 is 0.861 bits per heavy atom. The van der Waals surface area contributed by atoms with Gasteiger partial charge in [0.05, 0.1) is 5.69 Å². The number of hydrogen-bond donors (Lipinski definition) is 0. The maximum atomic E-state index is 12.6. The summed E-state index contributed by atoms with van der Waals surface area (Å²) in [7, 11) is 3.45. The zero-order chi connectivity index (χ0) is 26.9. The maximum absolute atomic E-state index is 12.6. The van der Waals surface area contributed by atoms with Crippen LogP contribution in [0, 0.1) is 6.92 Å². The number of hydrogen-bond acceptors (Lipinski definition) is 4. The van der Waals surface area contributed by atoms with Gasteiger partial charge in [-0.1, -0.05) is 35.6 Å². The van der Waals surface area contributed by atoms with E-state index >= 15 is 0 Å². The van der Waals surface area contributed by atoms with E-state index in [4.69, 9.17) is 0 Å². The molecule has 0 aliphatic heterocycles. The minimum Gasteiger partial charge on any atom is -0.349 e. The minimum atomic E-state index is -4.27. The van der Waals surface area contributed by atoms with Crippen LogP contribution in [0.1, 0.15) is 85.8 Å². The molecule has 2 aromatic heterocycles. The van der Waals surface area contributed by atoms with Crippen molar-refractivity contribution in [3.05, 3.63) is 59.2 Å². The van der Waals surface area contributed by atoms with E-state index in [9.17, 15) is 22.8 Å². The largest absolute Gasteiger partial charge is 0.399 e. The van der Waals surface area contributed by atoms with Crippen LogP contribution in [0.25, 0.3) is 0 Å². The van der Waals surface area contributed by atoms with Gasteiger partial charge in [0.1, 0.15) is 11.2 Å². The first-order valence-electron chi connectivity index (χ1n) is 10.9. The van der Waals surface area contributed by atoms with Crippen molar-refractivity contribution in [1.82, 2.24) is 14.9 Å². The first-order valence-corrected chi connectivity index (χ1v) is 10.9. The maximum Gasteiger partial charge on any atom is 0.399 e. The number of Topliss-reactive ketones (excluding diaryl/α,β-unsaturated/α-hetero) is 1. The van der Waals surface area contributed by atoms with Crippen molar-refractivity contribution in [3.8, 4) is 0 Å². The average Bonchev–Trinajstić information content (AvgIpc) is 2.67. The second-order valence-corrected chi connectivity index (χ2v) is 9.93. The zero-order valence-corrected chi connectivity index (χ0v) is 22.0. The van der Waals surface area contributed by atoms with Crippen LogP contribution in [0.5, 0.6) is 0 Å². The van der Waals surface area contributed by atoms with E-state index < -0.39 is 11.6 Å². The van der Waals surface area contributed by atoms with Crippen molar-refractivity contribution in [2.24, 2.45) is 0 Å². The Balaban J connectivity index is -0.000000475. The number of nitrogens with zero attached hydrogens (tertiary/aromatic N) is 3. The molecule has 0 saturated heterocycles. The van der Waals surface area contributed by atoms with Crippen LogP contribution in [0.15, 0.2) is 36.7 Å². The molecule has 0 saturated carbocycles. The van der Waals surface area contributed by atoms with Gasteiger partial charge in [-0.05, 0) is 63.1 Å². The number of pyridine rings is 2. The summed E-state index contributed by atoms with van der Waals surface area (Å²) in [5.74, 6) is 0.283. The Kier molecular flexibility index (Phi) is 16.1. The predicted molar refractivity (Wildman–Crippen MR) is 143 cm³/mol. The molecule has 0 spiro atoms. The van der Waals surface area contributed by atoms with Gasteiger partial charge < -0.3 is 4.90 Å². The summed E-state index contributed by atoms with van der Waals surface area (Å²) in [5.41, 5.74) is 1.09. The van der Waals surface area contributed by atoms with E-state index in [0.717, 1.165) is 30.7 Å². The van der Waals surface area contributed by atoms with Crippen LogP contribution in [-0.2, 0) is 26.8 Å². The standard InChI is InChI=1S/C12H17NO.C10H12F3N.C4H9NO.2CH4/c1-9(14)7-10-5-6-13-11(8-10)12(2,3)4;1-7-4-5-14-8(6-7)9(2,3)10(11,12)13;1-4(6)5(2)3;;/h5-6,8H,7H2,1-4H3;4-6H,1-3H3;1-3H3;2*1H4. The number of aromatic nitrogens is 2. The number of halogens is 3. The third-order valence-corrected chi connectivity index (χ3v) is 4.94. The minimum absolute atomic E-state index is 0. The molecule has 2 rings (SSSR count). The topological polar surface area (TPSA) is 63.2 Å². The molecular formula is C28H46F3N3O2. The van der Waals surface area contributed by atoms with Crippen molar-refractivity contribution in [3.63, 3.8) is 0 Å². The van der Waals surface area contributed by atoms with Gasteiger partial charge in [-0.3, -0.25) is 19.6 Å². The molecule has 0 unspecified atom stereocenters. The average molecular weight is 514 g/mol. The molecule has 0 fully saturated rings. The highest BCUT2D eigenvalue weighted by Crippen LogP contribution is 2.39. The SMILES string of the molecule is C.C.CC(=O)Cc1ccnc(C(C)(C)C)c1.CC(=O)N(C)C.Cc1ccnc(C(C)(C)C(F)(F)F)c1. The monoisotopic (exact) mass is 513 g/mol. The van der Waals surface area contributed by atoms with Gasteiger partial charge in [-0.15, -0.1) is 0 Å². The third kappa shape index (κ3) is 13.4. The molecule has 0 aliphatic rings. The van der Waals surface area contributed by atoms with Gasteiger partial charge in [-0.2, -0.15) is 13.2 Å². The Morgan fingerprint density at radius 3 is 1.67 bits per heavy atom. The van der Waals surface area contributed by atoms with Gasteiger partial charge in [0, 0.05) is 50.9 Å². The number of carbonyl (C=O) groups is 2. The molecule has 36 heavy (non-hydrogen) atoms. The van der Waals surface area contributed by atoms with E-state index in [1.54, 1.807) is 40.2 Å².